The molecule has 46 heavy (non-hydrogen) atoms. The number of piperidine rings is 2. The zero-order chi connectivity index (χ0) is 33.1. The maximum atomic E-state index is 13.3. The lowest BCUT2D eigenvalue weighted by Crippen LogP contribution is -2.72. The molecule has 2 aliphatic rings. The summed E-state index contributed by atoms with van der Waals surface area (Å²) in [6.07, 6.45) is 2.30. The van der Waals surface area contributed by atoms with Crippen LogP contribution in [-0.4, -0.2) is 63.8 Å². The van der Waals surface area contributed by atoms with Crippen LogP contribution in [0.25, 0.3) is 0 Å². The summed E-state index contributed by atoms with van der Waals surface area (Å²) in [7, 11) is 0. The molecule has 4 unspecified atom stereocenters. The lowest BCUT2D eigenvalue weighted by atomic mass is 9.52. The zero-order valence-electron chi connectivity index (χ0n) is 26.5. The highest BCUT2D eigenvalue weighted by molar-refractivity contribution is 5.84. The average Bonchev–Trinajstić information content (AvgIpc) is 3.06. The number of aliphatic carboxylic acids is 2. The summed E-state index contributed by atoms with van der Waals surface area (Å²) in [6, 6.07) is 26.3. The average molecular weight is 629 g/mol. The van der Waals surface area contributed by atoms with Crippen LogP contribution in [0.5, 0.6) is 0 Å². The van der Waals surface area contributed by atoms with Crippen LogP contribution in [0.1, 0.15) is 68.6 Å². The van der Waals surface area contributed by atoms with Gasteiger partial charge in [-0.1, -0.05) is 79.2 Å². The molecule has 5 rings (SSSR count). The molecule has 0 spiro atoms. The normalized spacial score (nSPS) is 27.9. The van der Waals surface area contributed by atoms with Crippen molar-refractivity contribution in [3.63, 3.8) is 0 Å². The van der Waals surface area contributed by atoms with Gasteiger partial charge in [-0.05, 0) is 75.9 Å². The number of carboxylic acid groups (broad SMARTS) is 2. The fraction of sp³-hybridized carbons (Fsp3) is 0.444. The number of unbranched alkanes of at least 4 members (excludes halogenated alkanes) is 1. The largest absolute Gasteiger partial charge is 0.481 e. The Morgan fingerprint density at radius 1 is 0.935 bits per heavy atom. The van der Waals surface area contributed by atoms with Gasteiger partial charge in [0, 0.05) is 29.5 Å². The second-order valence-electron chi connectivity index (χ2n) is 13.2. The molecular formula is C36H44N4O6. The molecule has 3 aromatic rings. The van der Waals surface area contributed by atoms with E-state index in [0.717, 1.165) is 38.9 Å². The third-order valence-corrected chi connectivity index (χ3v) is 10.9. The van der Waals surface area contributed by atoms with Gasteiger partial charge in [0.1, 0.15) is 5.41 Å². The lowest BCUT2D eigenvalue weighted by Gasteiger charge is -2.56. The van der Waals surface area contributed by atoms with E-state index < -0.39 is 45.8 Å². The van der Waals surface area contributed by atoms with Crippen molar-refractivity contribution >= 4 is 17.6 Å². The summed E-state index contributed by atoms with van der Waals surface area (Å²) >= 11 is 0. The number of rotatable bonds is 11. The second-order valence-corrected chi connectivity index (χ2v) is 13.2. The minimum absolute atomic E-state index is 0.0683. The molecule has 2 aliphatic heterocycles. The molecule has 2 fully saturated rings. The van der Waals surface area contributed by atoms with Crippen LogP contribution in [0, 0.1) is 20.9 Å². The lowest BCUT2D eigenvalue weighted by molar-refractivity contribution is -0.385. The van der Waals surface area contributed by atoms with Gasteiger partial charge in [-0.25, -0.2) is 0 Å². The Labute approximate surface area is 269 Å². The van der Waals surface area contributed by atoms with Gasteiger partial charge < -0.3 is 20.8 Å². The molecule has 244 valence electrons. The first-order valence-corrected chi connectivity index (χ1v) is 16.0. The summed E-state index contributed by atoms with van der Waals surface area (Å²) in [6.45, 7) is 5.74. The molecule has 10 nitrogen and oxygen atoms in total. The molecule has 0 amide bonds. The molecule has 10 heteroatoms. The summed E-state index contributed by atoms with van der Waals surface area (Å²) < 4.78 is 0. The number of nitrogens with one attached hydrogen (secondary N) is 1. The highest BCUT2D eigenvalue weighted by Crippen LogP contribution is 2.57. The van der Waals surface area contributed by atoms with E-state index in [1.807, 2.05) is 12.1 Å². The van der Waals surface area contributed by atoms with E-state index in [9.17, 15) is 29.9 Å². The molecule has 2 heterocycles. The number of carboxylic acids is 2. The van der Waals surface area contributed by atoms with E-state index in [1.165, 1.54) is 36.2 Å². The van der Waals surface area contributed by atoms with Gasteiger partial charge in [-0.2, -0.15) is 0 Å². The van der Waals surface area contributed by atoms with Crippen LogP contribution in [0.15, 0.2) is 84.9 Å². The van der Waals surface area contributed by atoms with Crippen molar-refractivity contribution in [3.8, 4) is 0 Å². The highest BCUT2D eigenvalue weighted by atomic mass is 16.6. The van der Waals surface area contributed by atoms with Crippen molar-refractivity contribution in [2.45, 2.75) is 69.5 Å². The number of non-ortho nitro benzene ring substituents is 1. The molecule has 0 bridgehead atoms. The van der Waals surface area contributed by atoms with Gasteiger partial charge in [0.15, 0.2) is 0 Å². The monoisotopic (exact) mass is 628 g/mol. The molecule has 0 saturated carbocycles. The van der Waals surface area contributed by atoms with Crippen LogP contribution in [0.3, 0.4) is 0 Å². The van der Waals surface area contributed by atoms with Crippen molar-refractivity contribution in [1.29, 1.82) is 0 Å². The van der Waals surface area contributed by atoms with Crippen molar-refractivity contribution in [1.82, 2.24) is 10.2 Å². The Kier molecular flexibility index (Phi) is 9.62. The summed E-state index contributed by atoms with van der Waals surface area (Å²) in [5, 5.41) is 36.1. The van der Waals surface area contributed by atoms with Crippen LogP contribution in [0.4, 0.5) is 5.69 Å². The summed E-state index contributed by atoms with van der Waals surface area (Å²) in [5.74, 6) is -3.51. The fourth-order valence-corrected chi connectivity index (χ4v) is 8.22. The SMILES string of the molecule is CC1N[C@@H](N)C(C)(C(=O)O)C(c2cccc([N+](=O)[O-])c2)C1(CCCCN1CCC(c2ccccc2)(c2ccccc2)CC1)C(=O)O. The number of carbonyl (C=O) groups is 2. The van der Waals surface area contributed by atoms with E-state index in [1.54, 1.807) is 13.0 Å². The van der Waals surface area contributed by atoms with Crippen molar-refractivity contribution in [2.24, 2.45) is 16.6 Å². The standard InChI is InChI=1S/C36H44N4O6/c1-25-36(33(43)44,30(34(2,32(41)42)31(37)38-25)26-12-11-17-29(24-26)40(45)46)18-9-10-21-39-22-19-35(20-23-39,27-13-5-3-6-14-27)28-15-7-4-8-16-28/h3-8,11-17,24-25,30-31,38H,9-10,18-23,37H2,1-2H3,(H,41,42)(H,43,44)/t25?,30?,31-,34?,36?/m1/s1. The van der Waals surface area contributed by atoms with Crippen LogP contribution < -0.4 is 11.1 Å². The molecule has 5 atom stereocenters. The van der Waals surface area contributed by atoms with Gasteiger partial charge >= 0.3 is 11.9 Å². The molecule has 0 radical (unpaired) electrons. The number of nitrogens with two attached hydrogens (primary N) is 1. The van der Waals surface area contributed by atoms with E-state index in [0.29, 0.717) is 12.0 Å². The van der Waals surface area contributed by atoms with E-state index in [4.69, 9.17) is 5.73 Å². The number of likely N-dealkylation sites (tertiary alicyclic amines) is 1. The number of benzene rings is 3. The number of hydrogen-bond acceptors (Lipinski definition) is 7. The van der Waals surface area contributed by atoms with Crippen LogP contribution >= 0.6 is 0 Å². The number of nitro benzene ring substituents is 1. The summed E-state index contributed by atoms with van der Waals surface area (Å²) in [4.78, 5) is 39.7. The van der Waals surface area contributed by atoms with Crippen LogP contribution in [-0.2, 0) is 15.0 Å². The van der Waals surface area contributed by atoms with Crippen molar-refractivity contribution in [2.75, 3.05) is 19.6 Å². The minimum Gasteiger partial charge on any atom is -0.481 e. The molecule has 3 aromatic carbocycles. The molecule has 0 aliphatic carbocycles. The predicted octanol–water partition coefficient (Wildman–Crippen LogP) is 5.37. The number of hydrogen-bond donors (Lipinski definition) is 4. The van der Waals surface area contributed by atoms with Gasteiger partial charge in [0.05, 0.1) is 16.5 Å². The quantitative estimate of drug-likeness (QED) is 0.124. The highest BCUT2D eigenvalue weighted by Gasteiger charge is 2.65. The molecule has 2 saturated heterocycles. The molecule has 0 aromatic heterocycles. The summed E-state index contributed by atoms with van der Waals surface area (Å²) in [5.41, 5.74) is 5.69. The Morgan fingerprint density at radius 3 is 2.04 bits per heavy atom. The van der Waals surface area contributed by atoms with Gasteiger partial charge in [-0.15, -0.1) is 0 Å². The number of nitrogens with zero attached hydrogens (tertiary/aromatic N) is 2. The first-order chi connectivity index (χ1) is 22.0. The third kappa shape index (κ3) is 5.81. The zero-order valence-corrected chi connectivity index (χ0v) is 26.5. The number of nitro groups is 1. The Bertz CT molecular complexity index is 1500. The smallest absolute Gasteiger partial charge is 0.312 e. The predicted molar refractivity (Wildman–Crippen MR) is 175 cm³/mol. The topological polar surface area (TPSA) is 159 Å². The van der Waals surface area contributed by atoms with Crippen molar-refractivity contribution in [3.05, 3.63) is 112 Å². The van der Waals surface area contributed by atoms with Gasteiger partial charge in [0.25, 0.3) is 5.69 Å². The maximum Gasteiger partial charge on any atom is 0.312 e. The second kappa shape index (κ2) is 13.3. The van der Waals surface area contributed by atoms with E-state index in [2.05, 4.69) is 58.7 Å². The minimum atomic E-state index is -1.74. The van der Waals surface area contributed by atoms with E-state index in [-0.39, 0.29) is 17.5 Å². The first-order valence-electron chi connectivity index (χ1n) is 16.0. The Morgan fingerprint density at radius 2 is 1.52 bits per heavy atom. The fourth-order valence-electron chi connectivity index (χ4n) is 8.22. The first kappa shape index (κ1) is 33.2. The molecule has 5 N–H and O–H groups in total. The van der Waals surface area contributed by atoms with Gasteiger partial charge in [-0.3, -0.25) is 25.0 Å². The molecular weight excluding hydrogens is 584 g/mol. The Balaban J connectivity index is 1.35. The Hall–Kier alpha value is -4.12. The third-order valence-electron chi connectivity index (χ3n) is 10.9. The maximum absolute atomic E-state index is 13.3. The van der Waals surface area contributed by atoms with Gasteiger partial charge in [0.2, 0.25) is 0 Å². The van der Waals surface area contributed by atoms with Crippen molar-refractivity contribution < 1.29 is 24.7 Å². The van der Waals surface area contributed by atoms with E-state index >= 15 is 0 Å². The van der Waals surface area contributed by atoms with Crippen LogP contribution in [0.2, 0.25) is 0 Å².